The summed E-state index contributed by atoms with van der Waals surface area (Å²) in [6.45, 7) is 24.0. The fraction of sp³-hybridized carbons (Fsp3) is 1.00. The summed E-state index contributed by atoms with van der Waals surface area (Å²) in [7, 11) is 0. The van der Waals surface area contributed by atoms with Crippen molar-refractivity contribution in [3.8, 4) is 0 Å². The first-order chi connectivity index (χ1) is 8.00. The molecule has 0 unspecified atom stereocenters. The molecule has 0 bridgehead atoms. The smallest absolute Gasteiger partial charge is 0.787 e. The van der Waals surface area contributed by atoms with E-state index < -0.39 is 0 Å². The van der Waals surface area contributed by atoms with Crippen LogP contribution in [0.3, 0.4) is 0 Å². The summed E-state index contributed by atoms with van der Waals surface area (Å²) >= 11 is 19.3. The van der Waals surface area contributed by atoms with Crippen LogP contribution in [-0.2, 0) is 50.5 Å². The topological polar surface area (TPSA) is 0 Å². The maximum absolute atomic E-state index is 4.83. The van der Waals surface area contributed by atoms with Crippen LogP contribution in [0.1, 0.15) is 83.1 Å². The van der Waals surface area contributed by atoms with Crippen LogP contribution in [0.25, 0.3) is 0 Å². The van der Waals surface area contributed by atoms with Gasteiger partial charge in [0.1, 0.15) is 0 Å². The van der Waals surface area contributed by atoms with Crippen LogP contribution in [0.4, 0.5) is 0 Å². The Labute approximate surface area is 175 Å². The minimum absolute atomic E-state index is 0. The molecule has 21 heavy (non-hydrogen) atoms. The minimum atomic E-state index is 0. The van der Waals surface area contributed by atoms with E-state index in [9.17, 15) is 0 Å². The van der Waals surface area contributed by atoms with Gasteiger partial charge in [0.05, 0.1) is 0 Å². The molecule has 0 nitrogen and oxygen atoms in total. The quantitative estimate of drug-likeness (QED) is 0.359. The molecule has 0 aliphatic carbocycles. The Kier molecular flexibility index (Phi) is 23.9. The molecule has 0 amide bonds. The van der Waals surface area contributed by atoms with Gasteiger partial charge in [-0.1, -0.05) is 83.1 Å². The maximum Gasteiger partial charge on any atom is 4.00 e. The maximum atomic E-state index is 4.83. The van der Waals surface area contributed by atoms with E-state index in [0.717, 1.165) is 0 Å². The molecule has 0 radical (unpaired) electrons. The average molecular weight is 475 g/mol. The van der Waals surface area contributed by atoms with E-state index in [1.165, 1.54) is 0 Å². The predicted molar refractivity (Wildman–Crippen MR) is 114 cm³/mol. The fourth-order valence-electron chi connectivity index (χ4n) is 0. The molecule has 128 valence electrons. The molecule has 0 aromatic heterocycles. The van der Waals surface area contributed by atoms with E-state index in [2.05, 4.69) is 0 Å². The van der Waals surface area contributed by atoms with Crippen LogP contribution in [0.15, 0.2) is 0 Å². The molecule has 0 saturated carbocycles. The fourth-order valence-corrected chi connectivity index (χ4v) is 0. The monoisotopic (exact) mass is 476 g/mol. The van der Waals surface area contributed by atoms with Crippen LogP contribution in [0.5, 0.6) is 0 Å². The number of hydrogen-bond donors (Lipinski definition) is 0. The van der Waals surface area contributed by atoms with Gasteiger partial charge in [-0.25, -0.2) is 0 Å². The normalized spacial score (nSPS) is 11.4. The summed E-state index contributed by atoms with van der Waals surface area (Å²) < 4.78 is 0.333. The Hall–Kier alpha value is 2.20. The molecule has 0 aromatic rings. The van der Waals surface area contributed by atoms with Gasteiger partial charge in [0, 0.05) is 0 Å². The van der Waals surface area contributed by atoms with Gasteiger partial charge in [-0.15, -0.1) is 0 Å². The van der Waals surface area contributed by atoms with E-state index in [1.54, 1.807) is 0 Å². The van der Waals surface area contributed by atoms with Crippen molar-refractivity contribution >= 4 is 74.4 Å². The van der Waals surface area contributed by atoms with Crippen molar-refractivity contribution in [2.24, 2.45) is 0 Å². The first-order valence-electron chi connectivity index (χ1n) is 6.82. The van der Waals surface area contributed by atoms with Crippen molar-refractivity contribution in [2.75, 3.05) is 0 Å². The third-order valence-electron chi connectivity index (χ3n) is 0. The zero-order valence-corrected chi connectivity index (χ0v) is 22.3. The summed E-state index contributed by atoms with van der Waals surface area (Å²) in [6.07, 6.45) is 0. The van der Waals surface area contributed by atoms with Gasteiger partial charge >= 0.3 is 23.9 Å². The van der Waals surface area contributed by atoms with Gasteiger partial charge < -0.3 is 50.5 Å². The third-order valence-corrected chi connectivity index (χ3v) is 0. The summed E-state index contributed by atoms with van der Waals surface area (Å²) in [5, 5.41) is 0. The second-order valence-electron chi connectivity index (χ2n) is 8.45. The molecule has 0 aliphatic rings. The molecular formula is C16H36S4Sn. The molecule has 0 atom stereocenters. The molecule has 0 heterocycles. The zero-order valence-electron chi connectivity index (χ0n) is 16.1. The van der Waals surface area contributed by atoms with Crippen LogP contribution in [-0.4, -0.2) is 42.9 Å². The van der Waals surface area contributed by atoms with E-state index >= 15 is 0 Å². The summed E-state index contributed by atoms with van der Waals surface area (Å²) in [4.78, 5) is 0. The van der Waals surface area contributed by atoms with Crippen molar-refractivity contribution in [3.05, 3.63) is 0 Å². The standard InChI is InChI=1S/4C4H10S.Sn/c4*1-4(2,3)5;/h4*5H,1-3H3;/q;;;;+4/p-4. The first-order valence-corrected chi connectivity index (χ1v) is 8.45. The molecule has 0 saturated heterocycles. The van der Waals surface area contributed by atoms with Gasteiger partial charge in [0.25, 0.3) is 0 Å². The molecule has 0 rings (SSSR count). The van der Waals surface area contributed by atoms with Crippen molar-refractivity contribution in [1.82, 2.24) is 0 Å². The Morgan fingerprint density at radius 3 is 0.333 bits per heavy atom. The number of hydrogen-bond acceptors (Lipinski definition) is 4. The van der Waals surface area contributed by atoms with Gasteiger partial charge in [-0.2, -0.15) is 19.0 Å². The molecule has 0 spiro atoms. The first kappa shape index (κ1) is 34.5. The molecule has 5 heteroatoms. The Morgan fingerprint density at radius 2 is 0.333 bits per heavy atom. The largest absolute Gasteiger partial charge is 4.00 e. The molecule has 0 aromatic carbocycles. The van der Waals surface area contributed by atoms with E-state index in [4.69, 9.17) is 50.5 Å². The van der Waals surface area contributed by atoms with Crippen LogP contribution in [0.2, 0.25) is 0 Å². The SMILES string of the molecule is CC(C)(C)[S-].CC(C)(C)[S-].CC(C)(C)[S-].CC(C)(C)[S-].[Sn+4]. The van der Waals surface area contributed by atoms with Crippen molar-refractivity contribution in [1.29, 1.82) is 0 Å². The molecule has 0 N–H and O–H groups in total. The molecular weight excluding hydrogens is 439 g/mol. The summed E-state index contributed by atoms with van der Waals surface area (Å²) in [5.74, 6) is 0. The second kappa shape index (κ2) is 14.5. The summed E-state index contributed by atoms with van der Waals surface area (Å²) in [5.41, 5.74) is 0. The predicted octanol–water partition coefficient (Wildman–Crippen LogP) is 4.95. The third kappa shape index (κ3) is 1870. The Morgan fingerprint density at radius 1 is 0.333 bits per heavy atom. The van der Waals surface area contributed by atoms with E-state index in [-0.39, 0.29) is 42.9 Å². The Balaban J connectivity index is -0.0000000533. The average Bonchev–Trinajstić information content (AvgIpc) is 1.62. The van der Waals surface area contributed by atoms with Crippen molar-refractivity contribution < 1.29 is 0 Å². The van der Waals surface area contributed by atoms with Crippen LogP contribution in [0, 0.1) is 0 Å². The van der Waals surface area contributed by atoms with Crippen molar-refractivity contribution in [3.63, 3.8) is 0 Å². The van der Waals surface area contributed by atoms with Gasteiger partial charge in [0.15, 0.2) is 0 Å². The van der Waals surface area contributed by atoms with Crippen LogP contribution >= 0.6 is 0 Å². The van der Waals surface area contributed by atoms with Gasteiger partial charge in [-0.3, -0.25) is 0 Å². The van der Waals surface area contributed by atoms with E-state index in [0.29, 0.717) is 0 Å². The number of rotatable bonds is 0. The Bertz CT molecular complexity index is 130. The van der Waals surface area contributed by atoms with E-state index in [1.807, 2.05) is 83.1 Å². The summed E-state index contributed by atoms with van der Waals surface area (Å²) in [6, 6.07) is 0. The zero-order chi connectivity index (χ0) is 18.0. The molecule has 0 fully saturated rings. The van der Waals surface area contributed by atoms with Gasteiger partial charge in [0.2, 0.25) is 0 Å². The minimum Gasteiger partial charge on any atom is -0.787 e. The molecule has 0 aliphatic heterocycles. The van der Waals surface area contributed by atoms with Crippen LogP contribution < -0.4 is 0 Å². The second-order valence-corrected chi connectivity index (χ2v) is 13.3. The van der Waals surface area contributed by atoms with Gasteiger partial charge in [-0.05, 0) is 0 Å². The van der Waals surface area contributed by atoms with Crippen molar-refractivity contribution in [2.45, 2.75) is 102 Å².